The lowest BCUT2D eigenvalue weighted by Gasteiger charge is -2.21. The van der Waals surface area contributed by atoms with Crippen LogP contribution in [0.25, 0.3) is 0 Å². The van der Waals surface area contributed by atoms with Crippen molar-refractivity contribution in [1.29, 1.82) is 0 Å². The Hall–Kier alpha value is -3.39. The third kappa shape index (κ3) is 3.74. The summed E-state index contributed by atoms with van der Waals surface area (Å²) < 4.78 is 31.3. The third-order valence-corrected chi connectivity index (χ3v) is 7.52. The molecule has 5 rings (SSSR count). The summed E-state index contributed by atoms with van der Waals surface area (Å²) in [5.74, 6) is 0.799. The normalized spacial score (nSPS) is 18.8. The van der Waals surface area contributed by atoms with E-state index in [1.54, 1.807) is 23.1 Å². The van der Waals surface area contributed by atoms with Crippen LogP contribution < -0.4 is 9.73 Å². The lowest BCUT2D eigenvalue weighted by Crippen LogP contribution is -2.35. The summed E-state index contributed by atoms with van der Waals surface area (Å²) in [4.78, 5) is 17.8. The topological polar surface area (TPSA) is 92.0 Å². The first-order chi connectivity index (χ1) is 15.9. The summed E-state index contributed by atoms with van der Waals surface area (Å²) >= 11 is 0. The van der Waals surface area contributed by atoms with E-state index in [-0.39, 0.29) is 16.8 Å². The molecule has 0 radical (unpaired) electrons. The van der Waals surface area contributed by atoms with Crippen molar-refractivity contribution in [1.82, 2.24) is 4.83 Å². The number of benzene rings is 2. The van der Waals surface area contributed by atoms with Gasteiger partial charge in [-0.1, -0.05) is 36.4 Å². The van der Waals surface area contributed by atoms with Gasteiger partial charge in [0, 0.05) is 29.3 Å². The molecule has 8 heteroatoms. The van der Waals surface area contributed by atoms with Gasteiger partial charge in [-0.3, -0.25) is 4.79 Å². The fraction of sp³-hybridized carbons (Fsp3) is 0.280. The van der Waals surface area contributed by atoms with Crippen LogP contribution in [0.5, 0.6) is 0 Å². The van der Waals surface area contributed by atoms with Crippen molar-refractivity contribution in [2.45, 2.75) is 50.5 Å². The number of anilines is 1. The molecule has 7 nitrogen and oxygen atoms in total. The SMILES string of the molecule is Cc1c(C(=O)N2c3ccccc3CC2C)oc2c1/C(=N/NS(=O)(=O)c1ccccc1)CCC2. The maximum atomic E-state index is 13.5. The van der Waals surface area contributed by atoms with E-state index in [9.17, 15) is 13.2 Å². The first-order valence-corrected chi connectivity index (χ1v) is 12.5. The molecule has 0 spiro atoms. The molecule has 1 N–H and O–H groups in total. The van der Waals surface area contributed by atoms with Gasteiger partial charge in [-0.15, -0.1) is 0 Å². The number of nitrogens with zero attached hydrogens (tertiary/aromatic N) is 2. The predicted molar refractivity (Wildman–Crippen MR) is 126 cm³/mol. The zero-order valence-electron chi connectivity index (χ0n) is 18.5. The number of amides is 1. The summed E-state index contributed by atoms with van der Waals surface area (Å²) in [6.45, 7) is 3.87. The molecule has 1 aromatic heterocycles. The van der Waals surface area contributed by atoms with Crippen LogP contribution in [0.4, 0.5) is 5.69 Å². The zero-order valence-corrected chi connectivity index (χ0v) is 19.4. The quantitative estimate of drug-likeness (QED) is 0.587. The fourth-order valence-corrected chi connectivity index (χ4v) is 5.59. The zero-order chi connectivity index (χ0) is 23.2. The number of carbonyl (C=O) groups excluding carboxylic acids is 1. The van der Waals surface area contributed by atoms with Crippen molar-refractivity contribution in [2.24, 2.45) is 5.10 Å². The highest BCUT2D eigenvalue weighted by Gasteiger charge is 2.36. The number of aryl methyl sites for hydroxylation is 1. The first-order valence-electron chi connectivity index (χ1n) is 11.0. The van der Waals surface area contributed by atoms with Gasteiger partial charge >= 0.3 is 0 Å². The van der Waals surface area contributed by atoms with Gasteiger partial charge in [-0.05, 0) is 56.9 Å². The number of hydrazone groups is 1. The minimum absolute atomic E-state index is 0.0299. The Morgan fingerprint density at radius 2 is 1.82 bits per heavy atom. The summed E-state index contributed by atoms with van der Waals surface area (Å²) in [5.41, 5.74) is 4.08. The maximum Gasteiger partial charge on any atom is 0.294 e. The van der Waals surface area contributed by atoms with Crippen molar-refractivity contribution in [3.8, 4) is 0 Å². The van der Waals surface area contributed by atoms with Crippen LogP contribution in [0.2, 0.25) is 0 Å². The van der Waals surface area contributed by atoms with Crippen molar-refractivity contribution in [3.63, 3.8) is 0 Å². The van der Waals surface area contributed by atoms with E-state index in [0.717, 1.165) is 29.7 Å². The molecule has 2 heterocycles. The average Bonchev–Trinajstić information content (AvgIpc) is 3.34. The highest BCUT2D eigenvalue weighted by molar-refractivity contribution is 7.89. The number of fused-ring (bicyclic) bond motifs is 2. The molecule has 1 aliphatic carbocycles. The molecular formula is C25H25N3O4S. The first kappa shape index (κ1) is 21.5. The lowest BCUT2D eigenvalue weighted by atomic mass is 9.93. The highest BCUT2D eigenvalue weighted by atomic mass is 32.2. The van der Waals surface area contributed by atoms with Crippen LogP contribution >= 0.6 is 0 Å². The molecular weight excluding hydrogens is 438 g/mol. The number of hydrogen-bond donors (Lipinski definition) is 1. The Morgan fingerprint density at radius 1 is 1.09 bits per heavy atom. The Balaban J connectivity index is 1.48. The average molecular weight is 464 g/mol. The number of para-hydroxylation sites is 1. The van der Waals surface area contributed by atoms with E-state index < -0.39 is 10.0 Å². The van der Waals surface area contributed by atoms with Gasteiger partial charge in [0.15, 0.2) is 5.76 Å². The second-order valence-corrected chi connectivity index (χ2v) is 10.2. The Bertz CT molecular complexity index is 1360. The second kappa shape index (κ2) is 8.19. The standard InChI is InChI=1S/C25H25N3O4S/c1-16-15-18-9-6-7-13-21(18)28(16)25(29)24-17(2)23-20(12-8-14-22(23)32-24)26-27-33(30,31)19-10-4-3-5-11-19/h3-7,9-11,13,16,27H,8,12,14-15H2,1-2H3/b26-20+. The van der Waals surface area contributed by atoms with Gasteiger partial charge < -0.3 is 9.32 Å². The Labute approximate surface area is 193 Å². The van der Waals surface area contributed by atoms with E-state index in [1.165, 1.54) is 12.1 Å². The van der Waals surface area contributed by atoms with Crippen LogP contribution in [0.3, 0.4) is 0 Å². The predicted octanol–water partition coefficient (Wildman–Crippen LogP) is 4.20. The van der Waals surface area contributed by atoms with Crippen LogP contribution in [0.1, 0.15) is 52.8 Å². The molecule has 33 heavy (non-hydrogen) atoms. The second-order valence-electron chi connectivity index (χ2n) is 8.53. The minimum Gasteiger partial charge on any atom is -0.455 e. The molecule has 3 aromatic rings. The lowest BCUT2D eigenvalue weighted by molar-refractivity contribution is 0.0952. The molecule has 1 amide bonds. The number of nitrogens with one attached hydrogen (secondary N) is 1. The van der Waals surface area contributed by atoms with E-state index in [0.29, 0.717) is 35.6 Å². The van der Waals surface area contributed by atoms with Gasteiger partial charge in [-0.25, -0.2) is 0 Å². The number of sulfonamides is 1. The van der Waals surface area contributed by atoms with Gasteiger partial charge in [0.1, 0.15) is 5.76 Å². The summed E-state index contributed by atoms with van der Waals surface area (Å²) in [7, 11) is -3.78. The smallest absolute Gasteiger partial charge is 0.294 e. The third-order valence-electron chi connectivity index (χ3n) is 6.30. The Kier molecular flexibility index (Phi) is 5.32. The van der Waals surface area contributed by atoms with Gasteiger partial charge in [0.25, 0.3) is 15.9 Å². The molecule has 1 unspecified atom stereocenters. The van der Waals surface area contributed by atoms with E-state index in [4.69, 9.17) is 4.42 Å². The molecule has 0 fully saturated rings. The molecule has 0 bridgehead atoms. The van der Waals surface area contributed by atoms with E-state index in [1.807, 2.05) is 38.1 Å². The number of furan rings is 1. The monoisotopic (exact) mass is 463 g/mol. The molecule has 0 saturated heterocycles. The van der Waals surface area contributed by atoms with Crippen LogP contribution in [-0.2, 0) is 22.9 Å². The molecule has 170 valence electrons. The molecule has 2 aliphatic rings. The summed E-state index contributed by atoms with van der Waals surface area (Å²) in [6.07, 6.45) is 2.85. The Morgan fingerprint density at radius 3 is 2.61 bits per heavy atom. The van der Waals surface area contributed by atoms with Crippen LogP contribution in [0.15, 0.2) is 69.0 Å². The fourth-order valence-electron chi connectivity index (χ4n) is 4.74. The maximum absolute atomic E-state index is 13.5. The minimum atomic E-state index is -3.78. The molecule has 1 atom stereocenters. The summed E-state index contributed by atoms with van der Waals surface area (Å²) in [5, 5.41) is 4.25. The number of rotatable bonds is 4. The van der Waals surface area contributed by atoms with Gasteiger partial charge in [0.05, 0.1) is 10.6 Å². The van der Waals surface area contributed by atoms with E-state index in [2.05, 4.69) is 9.93 Å². The molecule has 2 aromatic carbocycles. The van der Waals surface area contributed by atoms with Crippen molar-refractivity contribution >= 4 is 27.3 Å². The largest absolute Gasteiger partial charge is 0.455 e. The van der Waals surface area contributed by atoms with Crippen LogP contribution in [-0.4, -0.2) is 26.1 Å². The number of carbonyl (C=O) groups is 1. The summed E-state index contributed by atoms with van der Waals surface area (Å²) in [6, 6.07) is 16.1. The highest BCUT2D eigenvalue weighted by Crippen LogP contribution is 2.36. The van der Waals surface area contributed by atoms with Gasteiger partial charge in [-0.2, -0.15) is 18.4 Å². The van der Waals surface area contributed by atoms with Crippen LogP contribution in [0, 0.1) is 6.92 Å². The number of hydrogen-bond acceptors (Lipinski definition) is 5. The van der Waals surface area contributed by atoms with Crippen molar-refractivity contribution in [2.75, 3.05) is 4.90 Å². The molecule has 1 aliphatic heterocycles. The van der Waals surface area contributed by atoms with Gasteiger partial charge in [0.2, 0.25) is 0 Å². The van der Waals surface area contributed by atoms with Crippen molar-refractivity contribution < 1.29 is 17.6 Å². The molecule has 0 saturated carbocycles. The van der Waals surface area contributed by atoms with E-state index >= 15 is 0 Å². The van der Waals surface area contributed by atoms with Crippen molar-refractivity contribution in [3.05, 3.63) is 82.8 Å².